The quantitative estimate of drug-likeness (QED) is 0.509. The van der Waals surface area contributed by atoms with Crippen LogP contribution in [0.4, 0.5) is 0 Å². The predicted octanol–water partition coefficient (Wildman–Crippen LogP) is 5.22. The first-order valence-electron chi connectivity index (χ1n) is 6.36. The van der Waals surface area contributed by atoms with E-state index in [2.05, 4.69) is 32.9 Å². The summed E-state index contributed by atoms with van der Waals surface area (Å²) in [5.74, 6) is 1.54. The highest BCUT2D eigenvalue weighted by Gasteiger charge is 2.01. The Morgan fingerprint density at radius 2 is 1.33 bits per heavy atom. The van der Waals surface area contributed by atoms with Crippen LogP contribution in [0.25, 0.3) is 0 Å². The highest BCUT2D eigenvalue weighted by molar-refractivity contribution is 5.26. The molecule has 15 heavy (non-hydrogen) atoms. The molecule has 1 radical (unpaired) electrons. The summed E-state index contributed by atoms with van der Waals surface area (Å²) in [6, 6.07) is 0. The summed E-state index contributed by atoms with van der Waals surface area (Å²) in [6.07, 6.45) is 14.3. The molecule has 1 aliphatic carbocycles. The molecule has 0 heteroatoms. The first-order valence-corrected chi connectivity index (χ1v) is 6.36. The van der Waals surface area contributed by atoms with Crippen LogP contribution < -0.4 is 0 Å². The summed E-state index contributed by atoms with van der Waals surface area (Å²) in [5.41, 5.74) is 2.96. The Labute approximate surface area is 95.5 Å². The maximum atomic E-state index is 2.35. The molecule has 0 spiro atoms. The van der Waals surface area contributed by atoms with Crippen LogP contribution in [0.5, 0.6) is 0 Å². The monoisotopic (exact) mass is 205 g/mol. The molecule has 0 N–H and O–H groups in total. The van der Waals surface area contributed by atoms with Crippen molar-refractivity contribution < 1.29 is 0 Å². The zero-order chi connectivity index (χ0) is 11.1. The average Bonchev–Trinajstić information content (AvgIpc) is 2.14. The fourth-order valence-electron chi connectivity index (χ4n) is 2.30. The molecule has 0 fully saturated rings. The van der Waals surface area contributed by atoms with Gasteiger partial charge in [0.25, 0.3) is 0 Å². The molecule has 1 rings (SSSR count). The van der Waals surface area contributed by atoms with Gasteiger partial charge in [0.2, 0.25) is 0 Å². The van der Waals surface area contributed by atoms with E-state index in [1.54, 1.807) is 0 Å². The Morgan fingerprint density at radius 1 is 0.733 bits per heavy atom. The lowest BCUT2D eigenvalue weighted by molar-refractivity contribution is 0.601. The number of hydrogen-bond acceptors (Lipinski definition) is 0. The third-order valence-corrected chi connectivity index (χ3v) is 3.09. The van der Waals surface area contributed by atoms with E-state index in [-0.39, 0.29) is 0 Å². The van der Waals surface area contributed by atoms with E-state index in [9.17, 15) is 0 Å². The fraction of sp³-hybridized carbons (Fsp3) is 0.667. The van der Waals surface area contributed by atoms with E-state index in [1.807, 2.05) is 0 Å². The zero-order valence-electron chi connectivity index (χ0n) is 10.6. The Morgan fingerprint density at radius 3 is 2.07 bits per heavy atom. The normalized spacial score (nSPS) is 29.3. The van der Waals surface area contributed by atoms with Crippen molar-refractivity contribution >= 4 is 0 Å². The second-order valence-corrected chi connectivity index (χ2v) is 4.99. The van der Waals surface area contributed by atoms with Gasteiger partial charge in [-0.05, 0) is 39.0 Å². The summed E-state index contributed by atoms with van der Waals surface area (Å²) < 4.78 is 0. The molecule has 0 bridgehead atoms. The first kappa shape index (κ1) is 12.5. The van der Waals surface area contributed by atoms with E-state index in [0.717, 1.165) is 0 Å². The molecule has 0 aliphatic heterocycles. The maximum absolute atomic E-state index is 2.35. The van der Waals surface area contributed by atoms with Crippen molar-refractivity contribution in [1.29, 1.82) is 0 Å². The van der Waals surface area contributed by atoms with Crippen LogP contribution in [0.3, 0.4) is 0 Å². The third-order valence-electron chi connectivity index (χ3n) is 3.09. The predicted molar refractivity (Wildman–Crippen MR) is 68.8 cm³/mol. The lowest BCUT2D eigenvalue weighted by Crippen LogP contribution is -1.91. The minimum Gasteiger partial charge on any atom is -0.0748 e. The summed E-state index contributed by atoms with van der Waals surface area (Å²) in [4.78, 5) is 0. The van der Waals surface area contributed by atoms with Crippen molar-refractivity contribution in [2.45, 2.75) is 65.7 Å². The Kier molecular flexibility index (Phi) is 5.75. The summed E-state index contributed by atoms with van der Waals surface area (Å²) in [6.45, 7) is 6.75. The van der Waals surface area contributed by atoms with Gasteiger partial charge in [0.1, 0.15) is 0 Å². The van der Waals surface area contributed by atoms with Gasteiger partial charge in [0.05, 0.1) is 0 Å². The van der Waals surface area contributed by atoms with Crippen LogP contribution in [0, 0.1) is 5.92 Å². The fourth-order valence-corrected chi connectivity index (χ4v) is 2.30. The van der Waals surface area contributed by atoms with Gasteiger partial charge in [-0.25, -0.2) is 0 Å². The van der Waals surface area contributed by atoms with Gasteiger partial charge in [-0.3, -0.25) is 0 Å². The van der Waals surface area contributed by atoms with Gasteiger partial charge >= 0.3 is 0 Å². The van der Waals surface area contributed by atoms with E-state index < -0.39 is 0 Å². The molecule has 0 aromatic heterocycles. The van der Waals surface area contributed by atoms with E-state index in [0.29, 0.717) is 0 Å². The molecule has 0 heterocycles. The van der Waals surface area contributed by atoms with Crippen molar-refractivity contribution in [3.8, 4) is 0 Å². The topological polar surface area (TPSA) is 0 Å². The summed E-state index contributed by atoms with van der Waals surface area (Å²) >= 11 is 0. The molecular weight excluding hydrogens is 180 g/mol. The lowest BCUT2D eigenvalue weighted by atomic mass is 9.97. The Balaban J connectivity index is 2.60. The lowest BCUT2D eigenvalue weighted by Gasteiger charge is -2.09. The third kappa shape index (κ3) is 5.81. The number of allylic oxidation sites excluding steroid dienone is 4. The Bertz CT molecular complexity index is 232. The van der Waals surface area contributed by atoms with Gasteiger partial charge in [0, 0.05) is 0 Å². The molecule has 0 nitrogen and oxygen atoms in total. The molecule has 0 amide bonds. The van der Waals surface area contributed by atoms with Crippen LogP contribution in [0.1, 0.15) is 65.7 Å². The van der Waals surface area contributed by atoms with Crippen LogP contribution in [-0.4, -0.2) is 0 Å². The van der Waals surface area contributed by atoms with E-state index in [1.165, 1.54) is 62.0 Å². The largest absolute Gasteiger partial charge is 0.0748 e. The van der Waals surface area contributed by atoms with Crippen LogP contribution in [-0.2, 0) is 0 Å². The first-order chi connectivity index (χ1) is 7.18. The highest BCUT2D eigenvalue weighted by Crippen LogP contribution is 2.20. The Hall–Kier alpha value is -0.520. The average molecular weight is 205 g/mol. The zero-order valence-corrected chi connectivity index (χ0v) is 10.6. The molecule has 85 valence electrons. The van der Waals surface area contributed by atoms with Gasteiger partial charge in [-0.1, -0.05) is 55.9 Å². The van der Waals surface area contributed by atoms with Gasteiger partial charge in [-0.2, -0.15) is 0 Å². The maximum Gasteiger partial charge on any atom is -0.00523 e. The summed E-state index contributed by atoms with van der Waals surface area (Å²) in [5, 5.41) is 0. The van der Waals surface area contributed by atoms with Gasteiger partial charge in [0.15, 0.2) is 0 Å². The minimum absolute atomic E-state index is 1.28. The molecule has 1 aliphatic rings. The molecule has 0 saturated heterocycles. The second kappa shape index (κ2) is 6.87. The van der Waals surface area contributed by atoms with E-state index >= 15 is 0 Å². The van der Waals surface area contributed by atoms with Crippen molar-refractivity contribution in [2.75, 3.05) is 0 Å². The smallest absolute Gasteiger partial charge is 0.00523 e. The van der Waals surface area contributed by atoms with Gasteiger partial charge < -0.3 is 0 Å². The molecule has 0 aromatic carbocycles. The van der Waals surface area contributed by atoms with Crippen molar-refractivity contribution in [3.63, 3.8) is 0 Å². The van der Waals surface area contributed by atoms with Crippen LogP contribution in [0.2, 0.25) is 0 Å². The molecule has 0 aromatic rings. The molecular formula is C15H25. The van der Waals surface area contributed by atoms with Crippen LogP contribution >= 0.6 is 0 Å². The standard InChI is InChI=1S/C15H25/c1-13-9-7-5-4-6-8-10-14(2)12-15(3)11-13/h11-12H,4-10H2,1-3H3/b13-11+,15-12-. The number of rotatable bonds is 0. The summed E-state index contributed by atoms with van der Waals surface area (Å²) in [7, 11) is 0. The number of hydrogen-bond donors (Lipinski definition) is 0. The van der Waals surface area contributed by atoms with Crippen molar-refractivity contribution in [1.82, 2.24) is 0 Å². The van der Waals surface area contributed by atoms with Gasteiger partial charge in [-0.15, -0.1) is 0 Å². The molecule has 0 unspecified atom stereocenters. The van der Waals surface area contributed by atoms with Crippen molar-refractivity contribution in [2.24, 2.45) is 0 Å². The molecule has 0 saturated carbocycles. The minimum atomic E-state index is 1.28. The molecule has 0 atom stereocenters. The van der Waals surface area contributed by atoms with E-state index in [4.69, 9.17) is 0 Å². The second-order valence-electron chi connectivity index (χ2n) is 4.99. The van der Waals surface area contributed by atoms with Crippen molar-refractivity contribution in [3.05, 3.63) is 29.2 Å². The highest BCUT2D eigenvalue weighted by atomic mass is 14.1. The SMILES string of the molecule is C[C]1/C=C(C)\C=C(/C)CCCCCCC1. The van der Waals surface area contributed by atoms with Crippen LogP contribution in [0.15, 0.2) is 23.3 Å².